The number of hydrogen-bond acceptors (Lipinski definition) is 3. The topological polar surface area (TPSA) is 46.8 Å². The molecule has 1 aliphatic rings. The van der Waals surface area contributed by atoms with Crippen LogP contribution in [0.3, 0.4) is 0 Å². The predicted octanol–water partition coefficient (Wildman–Crippen LogP) is 2.59. The molecular weight excluding hydrogens is 254 g/mol. The van der Waals surface area contributed by atoms with Crippen LogP contribution in [0.5, 0.6) is 0 Å². The Morgan fingerprint density at radius 2 is 2.20 bits per heavy atom. The van der Waals surface area contributed by atoms with E-state index < -0.39 is 5.41 Å². The van der Waals surface area contributed by atoms with Crippen molar-refractivity contribution in [1.29, 1.82) is 0 Å². The van der Waals surface area contributed by atoms with Crippen LogP contribution in [0.25, 0.3) is 5.52 Å². The van der Waals surface area contributed by atoms with E-state index in [-0.39, 0.29) is 11.9 Å². The van der Waals surface area contributed by atoms with Gasteiger partial charge in [-0.25, -0.2) is 9.58 Å². The van der Waals surface area contributed by atoms with Crippen LogP contribution in [0.2, 0.25) is 0 Å². The number of pyridine rings is 1. The SMILES string of the molecule is CC(C)(C)C(=O)N1OCC[C@H]1c1cc2ccccn2n1. The molecule has 0 spiro atoms. The summed E-state index contributed by atoms with van der Waals surface area (Å²) in [6.07, 6.45) is 2.69. The number of nitrogens with zero attached hydrogens (tertiary/aromatic N) is 3. The highest BCUT2D eigenvalue weighted by molar-refractivity contribution is 5.81. The number of amides is 1. The molecule has 1 saturated heterocycles. The third kappa shape index (κ3) is 2.18. The lowest BCUT2D eigenvalue weighted by Crippen LogP contribution is -2.38. The second kappa shape index (κ2) is 4.59. The van der Waals surface area contributed by atoms with Crippen molar-refractivity contribution >= 4 is 11.4 Å². The number of rotatable bonds is 1. The molecule has 20 heavy (non-hydrogen) atoms. The molecule has 106 valence electrons. The lowest BCUT2D eigenvalue weighted by molar-refractivity contribution is -0.186. The van der Waals surface area contributed by atoms with Gasteiger partial charge in [-0.05, 0) is 18.2 Å². The third-order valence-corrected chi connectivity index (χ3v) is 3.48. The minimum Gasteiger partial charge on any atom is -0.272 e. The fourth-order valence-corrected chi connectivity index (χ4v) is 2.39. The van der Waals surface area contributed by atoms with E-state index in [0.717, 1.165) is 17.6 Å². The highest BCUT2D eigenvalue weighted by Gasteiger charge is 2.38. The second-order valence-electron chi connectivity index (χ2n) is 6.16. The highest BCUT2D eigenvalue weighted by Crippen LogP contribution is 2.33. The van der Waals surface area contributed by atoms with Gasteiger partial charge in [0.15, 0.2) is 0 Å². The van der Waals surface area contributed by atoms with Crippen LogP contribution in [-0.4, -0.2) is 27.2 Å². The maximum Gasteiger partial charge on any atom is 0.252 e. The summed E-state index contributed by atoms with van der Waals surface area (Å²) in [5, 5.41) is 6.05. The van der Waals surface area contributed by atoms with Crippen molar-refractivity contribution in [3.8, 4) is 0 Å². The van der Waals surface area contributed by atoms with Crippen LogP contribution in [0.15, 0.2) is 30.5 Å². The monoisotopic (exact) mass is 273 g/mol. The van der Waals surface area contributed by atoms with E-state index in [9.17, 15) is 4.79 Å². The zero-order valence-electron chi connectivity index (χ0n) is 12.0. The standard InChI is InChI=1S/C15H19N3O2/c1-15(2,3)14(19)18-13(7-9-20-18)12-10-11-6-4-5-8-17(11)16-12/h4-6,8,10,13H,7,9H2,1-3H3/t13-/m0/s1. The summed E-state index contributed by atoms with van der Waals surface area (Å²) in [5.41, 5.74) is 1.45. The number of aromatic nitrogens is 2. The predicted molar refractivity (Wildman–Crippen MR) is 74.8 cm³/mol. The van der Waals surface area contributed by atoms with Crippen molar-refractivity contribution in [2.24, 2.45) is 5.41 Å². The fraction of sp³-hybridized carbons (Fsp3) is 0.467. The second-order valence-corrected chi connectivity index (χ2v) is 6.16. The molecule has 2 aromatic heterocycles. The molecule has 5 nitrogen and oxygen atoms in total. The van der Waals surface area contributed by atoms with E-state index in [4.69, 9.17) is 4.84 Å². The first-order chi connectivity index (χ1) is 9.47. The largest absolute Gasteiger partial charge is 0.272 e. The number of hydroxylamine groups is 2. The molecule has 0 aliphatic carbocycles. The van der Waals surface area contributed by atoms with Crippen LogP contribution in [-0.2, 0) is 9.63 Å². The third-order valence-electron chi connectivity index (χ3n) is 3.48. The maximum atomic E-state index is 12.4. The summed E-state index contributed by atoms with van der Waals surface area (Å²) < 4.78 is 1.83. The first-order valence-electron chi connectivity index (χ1n) is 6.88. The average molecular weight is 273 g/mol. The van der Waals surface area contributed by atoms with Gasteiger partial charge in [0.1, 0.15) is 6.04 Å². The quantitative estimate of drug-likeness (QED) is 0.802. The van der Waals surface area contributed by atoms with Gasteiger partial charge in [0, 0.05) is 18.0 Å². The van der Waals surface area contributed by atoms with E-state index in [0.29, 0.717) is 6.61 Å². The summed E-state index contributed by atoms with van der Waals surface area (Å²) in [4.78, 5) is 18.0. The Hall–Kier alpha value is -1.88. The summed E-state index contributed by atoms with van der Waals surface area (Å²) >= 11 is 0. The highest BCUT2D eigenvalue weighted by atomic mass is 16.7. The molecule has 0 saturated carbocycles. The normalized spacial score (nSPS) is 19.8. The van der Waals surface area contributed by atoms with Gasteiger partial charge in [0.25, 0.3) is 5.91 Å². The van der Waals surface area contributed by atoms with Crippen LogP contribution in [0, 0.1) is 5.41 Å². The Morgan fingerprint density at radius 1 is 1.40 bits per heavy atom. The Morgan fingerprint density at radius 3 is 2.90 bits per heavy atom. The number of carbonyl (C=O) groups excluding carboxylic acids is 1. The van der Waals surface area contributed by atoms with Crippen molar-refractivity contribution < 1.29 is 9.63 Å². The first-order valence-corrected chi connectivity index (χ1v) is 6.88. The molecule has 1 atom stereocenters. The molecule has 0 bridgehead atoms. The van der Waals surface area contributed by atoms with E-state index in [1.807, 2.05) is 55.7 Å². The van der Waals surface area contributed by atoms with Crippen LogP contribution in [0.4, 0.5) is 0 Å². The van der Waals surface area contributed by atoms with Crippen molar-refractivity contribution in [2.45, 2.75) is 33.2 Å². The fourth-order valence-electron chi connectivity index (χ4n) is 2.39. The Labute approximate surface area is 118 Å². The van der Waals surface area contributed by atoms with Gasteiger partial charge in [-0.2, -0.15) is 5.10 Å². The van der Waals surface area contributed by atoms with Crippen molar-refractivity contribution in [3.05, 3.63) is 36.2 Å². The van der Waals surface area contributed by atoms with E-state index >= 15 is 0 Å². The van der Waals surface area contributed by atoms with Crippen molar-refractivity contribution in [3.63, 3.8) is 0 Å². The van der Waals surface area contributed by atoms with Crippen molar-refractivity contribution in [2.75, 3.05) is 6.61 Å². The van der Waals surface area contributed by atoms with Crippen molar-refractivity contribution in [1.82, 2.24) is 14.7 Å². The first kappa shape index (κ1) is 13.1. The van der Waals surface area contributed by atoms with Gasteiger partial charge < -0.3 is 0 Å². The van der Waals surface area contributed by atoms with E-state index in [1.54, 1.807) is 0 Å². The molecule has 0 unspecified atom stereocenters. The zero-order valence-corrected chi connectivity index (χ0v) is 12.0. The Balaban J connectivity index is 1.94. The lowest BCUT2D eigenvalue weighted by atomic mass is 9.94. The van der Waals surface area contributed by atoms with Gasteiger partial charge >= 0.3 is 0 Å². The zero-order chi connectivity index (χ0) is 14.3. The molecule has 0 N–H and O–H groups in total. The van der Waals surface area contributed by atoms with Gasteiger partial charge in [-0.15, -0.1) is 0 Å². The van der Waals surface area contributed by atoms with E-state index in [2.05, 4.69) is 5.10 Å². The number of hydrogen-bond donors (Lipinski definition) is 0. The number of carbonyl (C=O) groups is 1. The summed E-state index contributed by atoms with van der Waals surface area (Å²) in [5.74, 6) is -0.00273. The summed E-state index contributed by atoms with van der Waals surface area (Å²) in [7, 11) is 0. The summed E-state index contributed by atoms with van der Waals surface area (Å²) in [6, 6.07) is 7.84. The average Bonchev–Trinajstić information content (AvgIpc) is 3.02. The Bertz CT molecular complexity index is 609. The van der Waals surface area contributed by atoms with Gasteiger partial charge in [-0.3, -0.25) is 9.63 Å². The molecule has 0 radical (unpaired) electrons. The van der Waals surface area contributed by atoms with Crippen LogP contribution in [0.1, 0.15) is 38.9 Å². The molecule has 1 aliphatic heterocycles. The number of fused-ring (bicyclic) bond motifs is 1. The molecule has 1 fully saturated rings. The minimum absolute atomic E-state index is 0.00273. The molecule has 2 aromatic rings. The van der Waals surface area contributed by atoms with Crippen LogP contribution >= 0.6 is 0 Å². The molecule has 3 heterocycles. The van der Waals surface area contributed by atoms with Gasteiger partial charge in [-0.1, -0.05) is 26.8 Å². The summed E-state index contributed by atoms with van der Waals surface area (Å²) in [6.45, 7) is 6.26. The maximum absolute atomic E-state index is 12.4. The van der Waals surface area contributed by atoms with E-state index in [1.165, 1.54) is 5.06 Å². The van der Waals surface area contributed by atoms with Gasteiger partial charge in [0.05, 0.1) is 17.8 Å². The molecule has 0 aromatic carbocycles. The molecule has 1 amide bonds. The molecule has 5 heteroatoms. The van der Waals surface area contributed by atoms with Gasteiger partial charge in [0.2, 0.25) is 0 Å². The Kier molecular flexibility index (Phi) is 3.01. The van der Waals surface area contributed by atoms with Crippen LogP contribution < -0.4 is 0 Å². The smallest absolute Gasteiger partial charge is 0.252 e. The minimum atomic E-state index is -0.457. The lowest BCUT2D eigenvalue weighted by Gasteiger charge is -2.28. The molecule has 3 rings (SSSR count). The molecular formula is C15H19N3O2.